The normalized spacial score (nSPS) is 19.4. The Morgan fingerprint density at radius 2 is 1.78 bits per heavy atom. The molecule has 1 N–H and O–H groups in total. The standard InChI is InChI=1S/C26H28N2O7S/c1-28-26(20-9-11-21(31-2)24(13-20)32-15-18-6-4-3-5-7-18)25(16-35-28)36(29,30)27-14-19-8-10-22-23(12-19)34-17-33-22/h3-13,25-27H,14-17H2,1-2H3/t25-,26-/m0/s1. The van der Waals surface area contributed by atoms with Crippen molar-refractivity contribution >= 4 is 10.0 Å². The molecule has 1 saturated heterocycles. The number of hydrogen-bond donors (Lipinski definition) is 1. The van der Waals surface area contributed by atoms with E-state index in [0.717, 1.165) is 16.7 Å². The number of fused-ring (bicyclic) bond motifs is 1. The molecule has 0 aliphatic carbocycles. The molecule has 0 bridgehead atoms. The highest BCUT2D eigenvalue weighted by molar-refractivity contribution is 7.90. The van der Waals surface area contributed by atoms with E-state index in [2.05, 4.69) is 4.72 Å². The van der Waals surface area contributed by atoms with E-state index in [1.165, 1.54) is 0 Å². The van der Waals surface area contributed by atoms with Gasteiger partial charge in [-0.15, -0.1) is 0 Å². The number of ether oxygens (including phenoxy) is 4. The van der Waals surface area contributed by atoms with Crippen molar-refractivity contribution in [2.24, 2.45) is 0 Å². The Morgan fingerprint density at radius 3 is 2.58 bits per heavy atom. The van der Waals surface area contributed by atoms with Gasteiger partial charge in [0.1, 0.15) is 11.9 Å². The molecule has 0 radical (unpaired) electrons. The smallest absolute Gasteiger partial charge is 0.231 e. The molecule has 0 amide bonds. The van der Waals surface area contributed by atoms with Crippen LogP contribution in [0.5, 0.6) is 23.0 Å². The van der Waals surface area contributed by atoms with Crippen LogP contribution in [-0.4, -0.2) is 46.3 Å². The van der Waals surface area contributed by atoms with Crippen LogP contribution in [0.1, 0.15) is 22.7 Å². The SMILES string of the molecule is COc1ccc([C@H]2[C@@H](S(=O)(=O)NCc3ccc4c(c3)OCO4)CON2C)cc1OCc1ccccc1. The molecule has 2 aliphatic heterocycles. The van der Waals surface area contributed by atoms with E-state index in [1.807, 2.05) is 48.5 Å². The number of hydrogen-bond acceptors (Lipinski definition) is 8. The van der Waals surface area contributed by atoms with Gasteiger partial charge in [0, 0.05) is 13.6 Å². The highest BCUT2D eigenvalue weighted by Crippen LogP contribution is 2.38. The minimum Gasteiger partial charge on any atom is -0.493 e. The summed E-state index contributed by atoms with van der Waals surface area (Å²) < 4.78 is 51.7. The van der Waals surface area contributed by atoms with Crippen molar-refractivity contribution < 1.29 is 32.2 Å². The molecule has 0 spiro atoms. The lowest BCUT2D eigenvalue weighted by molar-refractivity contribution is -0.110. The van der Waals surface area contributed by atoms with Crippen LogP contribution in [0.3, 0.4) is 0 Å². The van der Waals surface area contributed by atoms with Gasteiger partial charge in [-0.1, -0.05) is 42.5 Å². The first-order chi connectivity index (χ1) is 17.4. The van der Waals surface area contributed by atoms with Gasteiger partial charge in [0.15, 0.2) is 23.0 Å². The lowest BCUT2D eigenvalue weighted by atomic mass is 10.0. The van der Waals surface area contributed by atoms with Crippen molar-refractivity contribution in [2.45, 2.75) is 24.4 Å². The van der Waals surface area contributed by atoms with Crippen molar-refractivity contribution in [3.8, 4) is 23.0 Å². The molecule has 3 aromatic carbocycles. The molecule has 3 aromatic rings. The molecule has 9 nitrogen and oxygen atoms in total. The molecule has 0 aromatic heterocycles. The van der Waals surface area contributed by atoms with Gasteiger partial charge in [0.05, 0.1) is 19.8 Å². The van der Waals surface area contributed by atoms with Crippen LogP contribution in [0.4, 0.5) is 0 Å². The highest BCUT2D eigenvalue weighted by atomic mass is 32.2. The molecule has 2 atom stereocenters. The quantitative estimate of drug-likeness (QED) is 0.466. The number of hydroxylamine groups is 2. The average Bonchev–Trinajstić information content (AvgIpc) is 3.53. The van der Waals surface area contributed by atoms with Gasteiger partial charge in [0.2, 0.25) is 16.8 Å². The summed E-state index contributed by atoms with van der Waals surface area (Å²) in [5.74, 6) is 2.35. The molecule has 2 heterocycles. The number of nitrogens with one attached hydrogen (secondary N) is 1. The minimum atomic E-state index is -3.75. The summed E-state index contributed by atoms with van der Waals surface area (Å²) in [6.45, 7) is 0.678. The lowest BCUT2D eigenvalue weighted by Gasteiger charge is -2.24. The fourth-order valence-electron chi connectivity index (χ4n) is 4.35. The first-order valence-corrected chi connectivity index (χ1v) is 13.1. The van der Waals surface area contributed by atoms with Crippen molar-refractivity contribution in [1.82, 2.24) is 9.79 Å². The monoisotopic (exact) mass is 512 g/mol. The highest BCUT2D eigenvalue weighted by Gasteiger charge is 2.43. The molecule has 0 unspecified atom stereocenters. The van der Waals surface area contributed by atoms with Crippen LogP contribution in [0.15, 0.2) is 66.7 Å². The second kappa shape index (κ2) is 10.4. The fourth-order valence-corrected chi connectivity index (χ4v) is 5.84. The third kappa shape index (κ3) is 5.12. The number of rotatable bonds is 9. The maximum absolute atomic E-state index is 13.4. The Balaban J connectivity index is 1.34. The van der Waals surface area contributed by atoms with Crippen LogP contribution >= 0.6 is 0 Å². The van der Waals surface area contributed by atoms with E-state index in [-0.39, 0.29) is 19.9 Å². The van der Waals surface area contributed by atoms with E-state index < -0.39 is 21.3 Å². The third-order valence-corrected chi connectivity index (χ3v) is 8.00. The summed E-state index contributed by atoms with van der Waals surface area (Å²) in [5, 5.41) is 0.750. The maximum Gasteiger partial charge on any atom is 0.231 e. The number of methoxy groups -OCH3 is 1. The Morgan fingerprint density at radius 1 is 0.972 bits per heavy atom. The number of benzene rings is 3. The summed E-state index contributed by atoms with van der Waals surface area (Å²) in [7, 11) is -0.446. The number of nitrogens with zero attached hydrogens (tertiary/aromatic N) is 1. The van der Waals surface area contributed by atoms with Gasteiger partial charge in [0.25, 0.3) is 0 Å². The molecule has 0 saturated carbocycles. The zero-order valence-corrected chi connectivity index (χ0v) is 20.9. The zero-order valence-electron chi connectivity index (χ0n) is 20.0. The largest absolute Gasteiger partial charge is 0.493 e. The Kier molecular flexibility index (Phi) is 7.01. The van der Waals surface area contributed by atoms with Gasteiger partial charge in [-0.05, 0) is 41.0 Å². The summed E-state index contributed by atoms with van der Waals surface area (Å²) >= 11 is 0. The van der Waals surface area contributed by atoms with Crippen molar-refractivity contribution in [3.63, 3.8) is 0 Å². The van der Waals surface area contributed by atoms with Crippen molar-refractivity contribution in [3.05, 3.63) is 83.4 Å². The van der Waals surface area contributed by atoms with E-state index in [9.17, 15) is 8.42 Å². The van der Waals surface area contributed by atoms with E-state index in [4.69, 9.17) is 23.8 Å². The summed E-state index contributed by atoms with van der Waals surface area (Å²) in [6.07, 6.45) is 0. The van der Waals surface area contributed by atoms with Crippen molar-refractivity contribution in [2.75, 3.05) is 27.6 Å². The second-order valence-corrected chi connectivity index (χ2v) is 10.5. The van der Waals surface area contributed by atoms with Gasteiger partial charge in [-0.3, -0.25) is 4.84 Å². The van der Waals surface area contributed by atoms with Crippen LogP contribution in [0.2, 0.25) is 0 Å². The maximum atomic E-state index is 13.4. The van der Waals surface area contributed by atoms with Crippen molar-refractivity contribution in [1.29, 1.82) is 0 Å². The minimum absolute atomic E-state index is 0.0316. The van der Waals surface area contributed by atoms with E-state index >= 15 is 0 Å². The Labute approximate surface area is 210 Å². The zero-order chi connectivity index (χ0) is 25.1. The van der Waals surface area contributed by atoms with E-state index in [0.29, 0.717) is 29.6 Å². The van der Waals surface area contributed by atoms with E-state index in [1.54, 1.807) is 37.4 Å². The molecular weight excluding hydrogens is 484 g/mol. The van der Waals surface area contributed by atoms with Gasteiger partial charge < -0.3 is 18.9 Å². The number of sulfonamides is 1. The fraction of sp³-hybridized carbons (Fsp3) is 0.308. The second-order valence-electron chi connectivity index (χ2n) is 8.56. The summed E-state index contributed by atoms with van der Waals surface area (Å²) in [5.41, 5.74) is 2.53. The Hall–Kier alpha value is -3.31. The molecule has 190 valence electrons. The molecule has 10 heteroatoms. The predicted octanol–water partition coefficient (Wildman–Crippen LogP) is 3.41. The van der Waals surface area contributed by atoms with Crippen LogP contribution in [0.25, 0.3) is 0 Å². The topological polar surface area (TPSA) is 95.6 Å². The summed E-state index contributed by atoms with van der Waals surface area (Å²) in [6, 6.07) is 20.1. The molecule has 36 heavy (non-hydrogen) atoms. The van der Waals surface area contributed by atoms with Crippen LogP contribution in [0, 0.1) is 0 Å². The third-order valence-electron chi connectivity index (χ3n) is 6.27. The Bertz CT molecular complexity index is 1320. The molecular formula is C26H28N2O7S. The first kappa shape index (κ1) is 24.4. The predicted molar refractivity (Wildman–Crippen MR) is 132 cm³/mol. The van der Waals surface area contributed by atoms with Gasteiger partial charge in [-0.25, -0.2) is 13.1 Å². The van der Waals surface area contributed by atoms with Gasteiger partial charge >= 0.3 is 0 Å². The summed E-state index contributed by atoms with van der Waals surface area (Å²) in [4.78, 5) is 5.66. The average molecular weight is 513 g/mol. The molecule has 1 fully saturated rings. The first-order valence-electron chi connectivity index (χ1n) is 11.5. The molecule has 5 rings (SSSR count). The van der Waals surface area contributed by atoms with Crippen LogP contribution < -0.4 is 23.7 Å². The molecule has 2 aliphatic rings. The van der Waals surface area contributed by atoms with Gasteiger partial charge in [-0.2, -0.15) is 5.06 Å². The lowest BCUT2D eigenvalue weighted by Crippen LogP contribution is -2.39. The van der Waals surface area contributed by atoms with Crippen LogP contribution in [-0.2, 0) is 28.0 Å².